The summed E-state index contributed by atoms with van der Waals surface area (Å²) in [5.74, 6) is -0.411. The summed E-state index contributed by atoms with van der Waals surface area (Å²) in [5, 5.41) is 4.16. The highest BCUT2D eigenvalue weighted by Gasteiger charge is 2.32. The largest absolute Gasteiger partial charge is 0.310 e. The zero-order valence-electron chi connectivity index (χ0n) is 12.1. The molecule has 1 aromatic carbocycles. The van der Waals surface area contributed by atoms with Gasteiger partial charge in [-0.2, -0.15) is 0 Å². The lowest BCUT2D eigenvalue weighted by Gasteiger charge is -2.30. The van der Waals surface area contributed by atoms with E-state index in [1.807, 2.05) is 6.92 Å². The van der Waals surface area contributed by atoms with Gasteiger partial charge in [0, 0.05) is 23.2 Å². The summed E-state index contributed by atoms with van der Waals surface area (Å²) in [5.41, 5.74) is 1.05. The van der Waals surface area contributed by atoms with E-state index in [-0.39, 0.29) is 11.1 Å². The fourth-order valence-corrected chi connectivity index (χ4v) is 3.89. The quantitative estimate of drug-likeness (QED) is 0.681. The van der Waals surface area contributed by atoms with Crippen molar-refractivity contribution in [3.8, 4) is 0 Å². The Balaban J connectivity index is 2.09. The highest BCUT2D eigenvalue weighted by atomic mass is 35.5. The maximum absolute atomic E-state index is 13.6. The molecular formula is C16H22Cl2FN. The normalized spacial score (nSPS) is 19.2. The van der Waals surface area contributed by atoms with Gasteiger partial charge in [0.2, 0.25) is 0 Å². The van der Waals surface area contributed by atoms with Crippen LogP contribution >= 0.6 is 23.2 Å². The van der Waals surface area contributed by atoms with Crippen molar-refractivity contribution in [2.75, 3.05) is 6.54 Å². The van der Waals surface area contributed by atoms with E-state index in [0.29, 0.717) is 16.0 Å². The van der Waals surface area contributed by atoms with Gasteiger partial charge in [0.15, 0.2) is 0 Å². The van der Waals surface area contributed by atoms with Crippen molar-refractivity contribution in [1.82, 2.24) is 5.32 Å². The summed E-state index contributed by atoms with van der Waals surface area (Å²) in [4.78, 5) is 0. The molecule has 0 aliphatic heterocycles. The summed E-state index contributed by atoms with van der Waals surface area (Å²) >= 11 is 12.2. The topological polar surface area (TPSA) is 12.0 Å². The van der Waals surface area contributed by atoms with E-state index in [4.69, 9.17) is 23.2 Å². The Morgan fingerprint density at radius 3 is 2.55 bits per heavy atom. The minimum absolute atomic E-state index is 0.0466. The van der Waals surface area contributed by atoms with Gasteiger partial charge in [-0.3, -0.25) is 0 Å². The molecule has 112 valence electrons. The molecular weight excluding hydrogens is 296 g/mol. The van der Waals surface area contributed by atoms with Crippen molar-refractivity contribution < 1.29 is 4.39 Å². The number of hydrogen-bond acceptors (Lipinski definition) is 1. The minimum atomic E-state index is -0.411. The molecule has 1 aliphatic carbocycles. The van der Waals surface area contributed by atoms with Gasteiger partial charge < -0.3 is 5.32 Å². The van der Waals surface area contributed by atoms with Gasteiger partial charge in [-0.25, -0.2) is 4.39 Å². The predicted octanol–water partition coefficient (Wildman–Crippen LogP) is 5.75. The minimum Gasteiger partial charge on any atom is -0.310 e. The third kappa shape index (κ3) is 3.29. The average molecular weight is 318 g/mol. The Morgan fingerprint density at radius 2 is 1.95 bits per heavy atom. The first-order chi connectivity index (χ1) is 9.49. The lowest BCUT2D eigenvalue weighted by Crippen LogP contribution is -2.33. The van der Waals surface area contributed by atoms with E-state index in [9.17, 15) is 4.39 Å². The predicted molar refractivity (Wildman–Crippen MR) is 84.0 cm³/mol. The fraction of sp³-hybridized carbons (Fsp3) is 0.625. The number of benzene rings is 1. The Morgan fingerprint density at radius 1 is 1.30 bits per heavy atom. The Bertz CT molecular complexity index is 470. The lowest BCUT2D eigenvalue weighted by molar-refractivity contribution is 0.259. The highest BCUT2D eigenvalue weighted by Crippen LogP contribution is 2.41. The van der Waals surface area contributed by atoms with Crippen molar-refractivity contribution in [1.29, 1.82) is 0 Å². The zero-order chi connectivity index (χ0) is 14.8. The summed E-state index contributed by atoms with van der Waals surface area (Å²) in [7, 11) is 0. The van der Waals surface area contributed by atoms with Crippen LogP contribution in [0, 0.1) is 11.2 Å². The van der Waals surface area contributed by atoms with E-state index in [2.05, 4.69) is 12.2 Å². The second-order valence-corrected chi connectivity index (χ2v) is 6.71. The van der Waals surface area contributed by atoms with Crippen molar-refractivity contribution in [2.45, 2.75) is 52.0 Å². The van der Waals surface area contributed by atoms with Crippen LogP contribution in [0.15, 0.2) is 12.1 Å². The average Bonchev–Trinajstić information content (AvgIpc) is 2.91. The number of hydrogen-bond donors (Lipinski definition) is 1. The molecule has 0 amide bonds. The second kappa shape index (κ2) is 6.64. The third-order valence-electron chi connectivity index (χ3n) is 4.71. The summed E-state index contributed by atoms with van der Waals surface area (Å²) < 4.78 is 13.6. The van der Waals surface area contributed by atoms with E-state index < -0.39 is 5.82 Å². The van der Waals surface area contributed by atoms with Crippen LogP contribution in [-0.2, 0) is 0 Å². The van der Waals surface area contributed by atoms with Crippen molar-refractivity contribution in [2.24, 2.45) is 5.41 Å². The van der Waals surface area contributed by atoms with Crippen LogP contribution in [0.4, 0.5) is 4.39 Å². The summed E-state index contributed by atoms with van der Waals surface area (Å²) in [6.45, 7) is 5.18. The second-order valence-electron chi connectivity index (χ2n) is 5.92. The molecule has 0 saturated heterocycles. The van der Waals surface area contributed by atoms with E-state index in [1.165, 1.54) is 38.2 Å². The molecule has 2 rings (SSSR count). The molecule has 0 radical (unpaired) electrons. The van der Waals surface area contributed by atoms with Gasteiger partial charge in [0.1, 0.15) is 5.82 Å². The molecule has 0 bridgehead atoms. The van der Waals surface area contributed by atoms with Gasteiger partial charge in [-0.05, 0) is 43.7 Å². The first kappa shape index (κ1) is 16.1. The smallest absolute Gasteiger partial charge is 0.142 e. The van der Waals surface area contributed by atoms with Crippen molar-refractivity contribution >= 4 is 23.2 Å². The van der Waals surface area contributed by atoms with E-state index in [0.717, 1.165) is 6.54 Å². The maximum Gasteiger partial charge on any atom is 0.142 e. The summed E-state index contributed by atoms with van der Waals surface area (Å²) in [6, 6.07) is 2.84. The SMILES string of the molecule is CCC1(CNC(C)c2c(Cl)ccc(F)c2Cl)CCCC1. The third-order valence-corrected chi connectivity index (χ3v) is 5.42. The van der Waals surface area contributed by atoms with Crippen LogP contribution in [0.3, 0.4) is 0 Å². The van der Waals surface area contributed by atoms with Crippen LogP contribution in [0.1, 0.15) is 57.6 Å². The Hall–Kier alpha value is -0.310. The maximum atomic E-state index is 13.6. The lowest BCUT2D eigenvalue weighted by atomic mass is 9.83. The monoisotopic (exact) mass is 317 g/mol. The van der Waals surface area contributed by atoms with Crippen LogP contribution in [-0.4, -0.2) is 6.54 Å². The van der Waals surface area contributed by atoms with Gasteiger partial charge in [0.05, 0.1) is 5.02 Å². The molecule has 1 unspecified atom stereocenters. The van der Waals surface area contributed by atoms with Crippen molar-refractivity contribution in [3.63, 3.8) is 0 Å². The molecule has 1 aliphatic rings. The van der Waals surface area contributed by atoms with Crippen LogP contribution in [0.25, 0.3) is 0 Å². The molecule has 4 heteroatoms. The van der Waals surface area contributed by atoms with Gasteiger partial charge in [0.25, 0.3) is 0 Å². The molecule has 1 saturated carbocycles. The molecule has 20 heavy (non-hydrogen) atoms. The number of rotatable bonds is 5. The van der Waals surface area contributed by atoms with Gasteiger partial charge in [-0.1, -0.05) is 43.0 Å². The highest BCUT2D eigenvalue weighted by molar-refractivity contribution is 6.36. The van der Waals surface area contributed by atoms with Gasteiger partial charge >= 0.3 is 0 Å². The number of halogens is 3. The van der Waals surface area contributed by atoms with Crippen LogP contribution < -0.4 is 5.32 Å². The molecule has 1 atom stereocenters. The van der Waals surface area contributed by atoms with Gasteiger partial charge in [-0.15, -0.1) is 0 Å². The van der Waals surface area contributed by atoms with E-state index in [1.54, 1.807) is 6.07 Å². The molecule has 1 aromatic rings. The first-order valence-electron chi connectivity index (χ1n) is 7.36. The summed E-state index contributed by atoms with van der Waals surface area (Å²) in [6.07, 6.45) is 6.34. The molecule has 1 fully saturated rings. The molecule has 0 heterocycles. The van der Waals surface area contributed by atoms with E-state index >= 15 is 0 Å². The fourth-order valence-electron chi connectivity index (χ4n) is 3.19. The molecule has 0 spiro atoms. The van der Waals surface area contributed by atoms with Crippen LogP contribution in [0.2, 0.25) is 10.0 Å². The molecule has 1 N–H and O–H groups in total. The Labute approximate surface area is 130 Å². The molecule has 0 aromatic heterocycles. The zero-order valence-corrected chi connectivity index (χ0v) is 13.6. The first-order valence-corrected chi connectivity index (χ1v) is 8.11. The number of nitrogens with one attached hydrogen (secondary N) is 1. The Kier molecular flexibility index (Phi) is 5.33. The van der Waals surface area contributed by atoms with Crippen LogP contribution in [0.5, 0.6) is 0 Å². The molecule has 1 nitrogen and oxygen atoms in total. The van der Waals surface area contributed by atoms with Crippen molar-refractivity contribution in [3.05, 3.63) is 33.6 Å². The standard InChI is InChI=1S/C16H22Cl2FN/c1-3-16(8-4-5-9-16)10-20-11(2)14-12(17)6-7-13(19)15(14)18/h6-7,11,20H,3-5,8-10H2,1-2H3.